The van der Waals surface area contributed by atoms with Gasteiger partial charge in [-0.1, -0.05) is 42.5 Å². The molecular formula is C20H19ClO3. The summed E-state index contributed by atoms with van der Waals surface area (Å²) in [7, 11) is 1.61. The Morgan fingerprint density at radius 2 is 1.96 bits per heavy atom. The van der Waals surface area contributed by atoms with Crippen LogP contribution in [0.1, 0.15) is 21.5 Å². The second kappa shape index (κ2) is 8.37. The first-order valence-corrected chi connectivity index (χ1v) is 7.83. The van der Waals surface area contributed by atoms with Crippen molar-refractivity contribution in [1.29, 1.82) is 0 Å². The number of ketones is 1. The van der Waals surface area contributed by atoms with Crippen LogP contribution in [0, 0.1) is 6.92 Å². The van der Waals surface area contributed by atoms with Gasteiger partial charge in [0.25, 0.3) is 0 Å². The third-order valence-electron chi connectivity index (χ3n) is 3.43. The number of hydrogen-bond acceptors (Lipinski definition) is 3. The van der Waals surface area contributed by atoms with Gasteiger partial charge in [0, 0.05) is 5.02 Å². The van der Waals surface area contributed by atoms with E-state index in [2.05, 4.69) is 6.58 Å². The molecule has 0 atom stereocenters. The van der Waals surface area contributed by atoms with E-state index in [0.29, 0.717) is 22.9 Å². The van der Waals surface area contributed by atoms with E-state index < -0.39 is 0 Å². The van der Waals surface area contributed by atoms with E-state index in [-0.39, 0.29) is 5.78 Å². The Kier molecular flexibility index (Phi) is 6.21. The van der Waals surface area contributed by atoms with Gasteiger partial charge in [-0.3, -0.25) is 4.79 Å². The highest BCUT2D eigenvalue weighted by molar-refractivity contribution is 6.32. The number of halogens is 1. The molecule has 0 saturated heterocycles. The number of carbonyl (C=O) groups excluding carboxylic acids is 1. The fraction of sp³-hybridized carbons (Fsp3) is 0.150. The van der Waals surface area contributed by atoms with E-state index in [1.165, 1.54) is 6.08 Å². The fourth-order valence-corrected chi connectivity index (χ4v) is 2.26. The van der Waals surface area contributed by atoms with Crippen molar-refractivity contribution in [3.63, 3.8) is 0 Å². The second-order valence-corrected chi connectivity index (χ2v) is 5.58. The van der Waals surface area contributed by atoms with E-state index >= 15 is 0 Å². The molecule has 0 radical (unpaired) electrons. The Bertz CT molecular complexity index is 761. The number of ether oxygens (including phenoxy) is 2. The molecule has 0 fully saturated rings. The summed E-state index contributed by atoms with van der Waals surface area (Å²) in [4.78, 5) is 12.5. The van der Waals surface area contributed by atoms with Gasteiger partial charge < -0.3 is 9.47 Å². The van der Waals surface area contributed by atoms with Crippen LogP contribution in [0.15, 0.2) is 55.1 Å². The van der Waals surface area contributed by atoms with Crippen LogP contribution in [0.2, 0.25) is 5.02 Å². The van der Waals surface area contributed by atoms with Crippen molar-refractivity contribution < 1.29 is 14.3 Å². The number of allylic oxidation sites excluding steroid dienone is 1. The lowest BCUT2D eigenvalue weighted by molar-refractivity contribution is 0.104. The summed E-state index contributed by atoms with van der Waals surface area (Å²) < 4.78 is 10.7. The molecular weight excluding hydrogens is 324 g/mol. The Hall–Kier alpha value is -2.52. The summed E-state index contributed by atoms with van der Waals surface area (Å²) in [6.45, 7) is 5.81. The Morgan fingerprint density at radius 3 is 2.58 bits per heavy atom. The fourth-order valence-electron chi connectivity index (χ4n) is 2.09. The minimum absolute atomic E-state index is 0.174. The predicted octanol–water partition coefficient (Wildman–Crippen LogP) is 5.12. The van der Waals surface area contributed by atoms with Crippen molar-refractivity contribution >= 4 is 23.5 Å². The minimum atomic E-state index is -0.174. The van der Waals surface area contributed by atoms with Gasteiger partial charge >= 0.3 is 0 Å². The molecule has 0 aliphatic heterocycles. The molecule has 2 rings (SSSR count). The molecule has 2 aromatic carbocycles. The summed E-state index contributed by atoms with van der Waals surface area (Å²) in [5.41, 5.74) is 2.18. The molecule has 4 heteroatoms. The number of carbonyl (C=O) groups is 1. The van der Waals surface area contributed by atoms with Gasteiger partial charge in [0.05, 0.1) is 12.7 Å². The molecule has 0 amide bonds. The zero-order chi connectivity index (χ0) is 17.5. The van der Waals surface area contributed by atoms with Gasteiger partial charge in [0.2, 0.25) is 0 Å². The highest BCUT2D eigenvalue weighted by atomic mass is 35.5. The number of aryl methyl sites for hydroxylation is 1. The maximum atomic E-state index is 12.5. The van der Waals surface area contributed by atoms with Gasteiger partial charge in [-0.2, -0.15) is 0 Å². The molecule has 0 aliphatic carbocycles. The summed E-state index contributed by atoms with van der Waals surface area (Å²) in [5, 5.41) is 0.530. The van der Waals surface area contributed by atoms with Crippen molar-refractivity contribution in [2.24, 2.45) is 0 Å². The zero-order valence-corrected chi connectivity index (χ0v) is 14.5. The van der Waals surface area contributed by atoms with Crippen LogP contribution < -0.4 is 9.47 Å². The molecule has 0 bridgehead atoms. The average molecular weight is 343 g/mol. The third kappa shape index (κ3) is 4.49. The maximum absolute atomic E-state index is 12.5. The first-order chi connectivity index (χ1) is 11.5. The van der Waals surface area contributed by atoms with E-state index in [1.807, 2.05) is 31.2 Å². The van der Waals surface area contributed by atoms with Crippen LogP contribution >= 0.6 is 11.6 Å². The number of methoxy groups -OCH3 is 1. The normalized spacial score (nSPS) is 10.6. The van der Waals surface area contributed by atoms with E-state index in [1.54, 1.807) is 31.4 Å². The van der Waals surface area contributed by atoms with Gasteiger partial charge in [-0.25, -0.2) is 0 Å². The molecule has 24 heavy (non-hydrogen) atoms. The van der Waals surface area contributed by atoms with Crippen LogP contribution in [-0.4, -0.2) is 19.5 Å². The number of benzene rings is 2. The van der Waals surface area contributed by atoms with Crippen LogP contribution in [0.5, 0.6) is 11.5 Å². The predicted molar refractivity (Wildman–Crippen MR) is 98.2 cm³/mol. The van der Waals surface area contributed by atoms with Crippen LogP contribution in [0.3, 0.4) is 0 Å². The van der Waals surface area contributed by atoms with Crippen LogP contribution in [0.25, 0.3) is 6.08 Å². The molecule has 0 N–H and O–H groups in total. The van der Waals surface area contributed by atoms with Crippen LogP contribution in [0.4, 0.5) is 0 Å². The van der Waals surface area contributed by atoms with E-state index in [9.17, 15) is 4.79 Å². The van der Waals surface area contributed by atoms with Gasteiger partial charge in [0.15, 0.2) is 5.78 Å². The first-order valence-electron chi connectivity index (χ1n) is 7.45. The lowest BCUT2D eigenvalue weighted by atomic mass is 10.1. The Balaban J connectivity index is 2.25. The molecule has 0 heterocycles. The Labute approximate surface area is 147 Å². The molecule has 0 saturated carbocycles. The van der Waals surface area contributed by atoms with Crippen molar-refractivity contribution in [1.82, 2.24) is 0 Å². The van der Waals surface area contributed by atoms with Crippen molar-refractivity contribution in [2.45, 2.75) is 6.92 Å². The number of rotatable bonds is 7. The largest absolute Gasteiger partial charge is 0.497 e. The lowest BCUT2D eigenvalue weighted by Crippen LogP contribution is -2.03. The standard InChI is InChI=1S/C20H19ClO3/c1-4-11-24-20-12-14(2)18(21)13-17(20)19(22)10-7-15-5-8-16(23-3)9-6-15/h4-10,12-13H,1,11H2,2-3H3/b10-7+. The summed E-state index contributed by atoms with van der Waals surface area (Å²) in [6.07, 6.45) is 4.88. The quantitative estimate of drug-likeness (QED) is 0.398. The van der Waals surface area contributed by atoms with Crippen LogP contribution in [-0.2, 0) is 0 Å². The summed E-state index contributed by atoms with van der Waals surface area (Å²) >= 11 is 6.15. The molecule has 0 aromatic heterocycles. The van der Waals surface area contributed by atoms with Crippen molar-refractivity contribution in [3.8, 4) is 11.5 Å². The van der Waals surface area contributed by atoms with Crippen molar-refractivity contribution in [2.75, 3.05) is 13.7 Å². The number of hydrogen-bond donors (Lipinski definition) is 0. The first kappa shape index (κ1) is 17.8. The lowest BCUT2D eigenvalue weighted by Gasteiger charge is -2.10. The molecule has 3 nitrogen and oxygen atoms in total. The Morgan fingerprint density at radius 1 is 1.25 bits per heavy atom. The summed E-state index contributed by atoms with van der Waals surface area (Å²) in [6, 6.07) is 10.8. The molecule has 0 unspecified atom stereocenters. The van der Waals surface area contributed by atoms with Gasteiger partial charge in [-0.15, -0.1) is 0 Å². The zero-order valence-electron chi connectivity index (χ0n) is 13.7. The maximum Gasteiger partial charge on any atom is 0.189 e. The second-order valence-electron chi connectivity index (χ2n) is 5.17. The summed E-state index contributed by atoms with van der Waals surface area (Å²) in [5.74, 6) is 1.09. The SMILES string of the molecule is C=CCOc1cc(C)c(Cl)cc1C(=O)/C=C/c1ccc(OC)cc1. The van der Waals surface area contributed by atoms with E-state index in [4.69, 9.17) is 21.1 Å². The molecule has 0 spiro atoms. The van der Waals surface area contributed by atoms with Gasteiger partial charge in [-0.05, 0) is 48.4 Å². The third-order valence-corrected chi connectivity index (χ3v) is 3.83. The highest BCUT2D eigenvalue weighted by Gasteiger charge is 2.13. The molecule has 0 aliphatic rings. The topological polar surface area (TPSA) is 35.5 Å². The smallest absolute Gasteiger partial charge is 0.189 e. The average Bonchev–Trinajstić information content (AvgIpc) is 2.60. The van der Waals surface area contributed by atoms with E-state index in [0.717, 1.165) is 16.9 Å². The highest BCUT2D eigenvalue weighted by Crippen LogP contribution is 2.27. The van der Waals surface area contributed by atoms with Crippen molar-refractivity contribution in [3.05, 3.63) is 76.8 Å². The molecule has 2 aromatic rings. The minimum Gasteiger partial charge on any atom is -0.497 e. The van der Waals surface area contributed by atoms with Gasteiger partial charge in [0.1, 0.15) is 18.1 Å². The molecule has 124 valence electrons. The monoisotopic (exact) mass is 342 g/mol.